The molecule has 0 saturated heterocycles. The van der Waals surface area contributed by atoms with Crippen molar-refractivity contribution in [2.45, 2.75) is 0 Å². The molecule has 21 heavy (non-hydrogen) atoms. The summed E-state index contributed by atoms with van der Waals surface area (Å²) in [6, 6.07) is 9.58. The number of hydrogen-bond acceptors (Lipinski definition) is 3. The molecule has 6 heteroatoms. The Morgan fingerprint density at radius 2 is 2.19 bits per heavy atom. The van der Waals surface area contributed by atoms with Gasteiger partial charge in [-0.25, -0.2) is 5.43 Å². The van der Waals surface area contributed by atoms with Crippen LogP contribution < -0.4 is 5.43 Å². The Kier molecular flexibility index (Phi) is 3.79. The first-order valence-corrected chi connectivity index (χ1v) is 7.03. The van der Waals surface area contributed by atoms with Crippen LogP contribution in [0.25, 0.3) is 10.9 Å². The Morgan fingerprint density at radius 3 is 3.05 bits per heavy atom. The van der Waals surface area contributed by atoms with Crippen LogP contribution in [-0.4, -0.2) is 22.1 Å². The molecule has 104 valence electrons. The number of carbonyl (C=O) groups excluding carboxylic acids is 1. The van der Waals surface area contributed by atoms with Gasteiger partial charge in [-0.1, -0.05) is 18.2 Å². The highest BCUT2D eigenvalue weighted by atomic mass is 79.9. The van der Waals surface area contributed by atoms with E-state index < -0.39 is 0 Å². The van der Waals surface area contributed by atoms with E-state index in [1.807, 2.05) is 30.5 Å². The van der Waals surface area contributed by atoms with Crippen molar-refractivity contribution in [3.05, 3.63) is 64.5 Å². The van der Waals surface area contributed by atoms with Crippen LogP contribution in [0.2, 0.25) is 0 Å². The van der Waals surface area contributed by atoms with E-state index in [4.69, 9.17) is 0 Å². The fourth-order valence-electron chi connectivity index (χ4n) is 1.96. The van der Waals surface area contributed by atoms with E-state index in [-0.39, 0.29) is 5.91 Å². The highest BCUT2D eigenvalue weighted by Crippen LogP contribution is 2.15. The van der Waals surface area contributed by atoms with Gasteiger partial charge in [-0.15, -0.1) is 0 Å². The molecule has 0 aliphatic carbocycles. The number of nitrogens with one attached hydrogen (secondary N) is 2. The summed E-state index contributed by atoms with van der Waals surface area (Å²) in [5.74, 6) is -0.306. The van der Waals surface area contributed by atoms with Crippen LogP contribution in [0, 0.1) is 0 Å². The van der Waals surface area contributed by atoms with Gasteiger partial charge in [0.1, 0.15) is 0 Å². The second kappa shape index (κ2) is 5.88. The van der Waals surface area contributed by atoms with Gasteiger partial charge in [0.05, 0.1) is 11.8 Å². The molecule has 2 aromatic heterocycles. The number of amides is 1. The van der Waals surface area contributed by atoms with Crippen molar-refractivity contribution in [2.24, 2.45) is 5.10 Å². The quantitative estimate of drug-likeness (QED) is 0.567. The molecular formula is C15H11BrN4O. The second-order valence-corrected chi connectivity index (χ2v) is 5.30. The molecule has 0 unspecified atom stereocenters. The van der Waals surface area contributed by atoms with E-state index >= 15 is 0 Å². The van der Waals surface area contributed by atoms with E-state index in [1.165, 1.54) is 6.20 Å². The van der Waals surface area contributed by atoms with Crippen LogP contribution in [0.4, 0.5) is 0 Å². The maximum absolute atomic E-state index is 11.9. The van der Waals surface area contributed by atoms with E-state index in [1.54, 1.807) is 18.5 Å². The summed E-state index contributed by atoms with van der Waals surface area (Å²) in [7, 11) is 0. The predicted octanol–water partition coefficient (Wildman–Crippen LogP) is 3.09. The van der Waals surface area contributed by atoms with Gasteiger partial charge in [0, 0.05) is 39.5 Å². The number of aromatic nitrogens is 2. The first-order chi connectivity index (χ1) is 10.2. The maximum Gasteiger partial charge on any atom is 0.272 e. The van der Waals surface area contributed by atoms with Gasteiger partial charge < -0.3 is 4.98 Å². The summed E-state index contributed by atoms with van der Waals surface area (Å²) >= 11 is 3.27. The van der Waals surface area contributed by atoms with Crippen LogP contribution >= 0.6 is 15.9 Å². The lowest BCUT2D eigenvalue weighted by atomic mass is 10.2. The van der Waals surface area contributed by atoms with Gasteiger partial charge in [-0.2, -0.15) is 5.10 Å². The third kappa shape index (κ3) is 3.00. The molecule has 3 rings (SSSR count). The molecule has 0 saturated carbocycles. The number of hydrogen-bond donors (Lipinski definition) is 2. The minimum atomic E-state index is -0.306. The molecule has 2 N–H and O–H groups in total. The third-order valence-corrected chi connectivity index (χ3v) is 3.39. The van der Waals surface area contributed by atoms with E-state index in [2.05, 4.69) is 36.4 Å². The third-order valence-electron chi connectivity index (χ3n) is 2.96. The first-order valence-electron chi connectivity index (χ1n) is 6.24. The molecule has 0 bridgehead atoms. The molecule has 0 fully saturated rings. The number of fused-ring (bicyclic) bond motifs is 1. The molecule has 0 atom stereocenters. The molecule has 1 amide bonds. The second-order valence-electron chi connectivity index (χ2n) is 4.38. The Labute approximate surface area is 129 Å². The van der Waals surface area contributed by atoms with Crippen LogP contribution in [0.5, 0.6) is 0 Å². The number of benzene rings is 1. The van der Waals surface area contributed by atoms with Crippen LogP contribution in [0.15, 0.2) is 58.5 Å². The fourth-order valence-corrected chi connectivity index (χ4v) is 2.33. The highest BCUT2D eigenvalue weighted by molar-refractivity contribution is 9.10. The molecule has 5 nitrogen and oxygen atoms in total. The van der Waals surface area contributed by atoms with Crippen molar-refractivity contribution in [1.29, 1.82) is 0 Å². The zero-order valence-corrected chi connectivity index (χ0v) is 12.5. The van der Waals surface area contributed by atoms with Crippen molar-refractivity contribution in [3.63, 3.8) is 0 Å². The smallest absolute Gasteiger partial charge is 0.272 e. The topological polar surface area (TPSA) is 70.1 Å². The number of nitrogens with zero attached hydrogens (tertiary/aromatic N) is 2. The number of para-hydroxylation sites is 1. The Balaban J connectivity index is 1.74. The predicted molar refractivity (Wildman–Crippen MR) is 85.3 cm³/mol. The van der Waals surface area contributed by atoms with Crippen molar-refractivity contribution < 1.29 is 4.79 Å². The summed E-state index contributed by atoms with van der Waals surface area (Å²) in [4.78, 5) is 19.0. The zero-order valence-electron chi connectivity index (χ0n) is 10.9. The fraction of sp³-hybridized carbons (Fsp3) is 0. The number of H-pyrrole nitrogens is 1. The van der Waals surface area contributed by atoms with Crippen LogP contribution in [0.1, 0.15) is 15.9 Å². The van der Waals surface area contributed by atoms with Gasteiger partial charge in [0.15, 0.2) is 0 Å². The lowest BCUT2D eigenvalue weighted by Gasteiger charge is -1.99. The number of carbonyl (C=O) groups is 1. The number of rotatable bonds is 3. The number of halogens is 1. The minimum absolute atomic E-state index is 0.306. The molecule has 1 aromatic carbocycles. The van der Waals surface area contributed by atoms with Gasteiger partial charge in [0.2, 0.25) is 0 Å². The van der Waals surface area contributed by atoms with E-state index in [0.29, 0.717) is 5.56 Å². The molecule has 0 aliphatic rings. The number of aromatic amines is 1. The maximum atomic E-state index is 11.9. The lowest BCUT2D eigenvalue weighted by molar-refractivity contribution is 0.0954. The van der Waals surface area contributed by atoms with Gasteiger partial charge in [-0.3, -0.25) is 9.78 Å². The Bertz CT molecular complexity index is 825. The number of pyridine rings is 1. The Hall–Kier alpha value is -2.47. The molecule has 3 aromatic rings. The lowest BCUT2D eigenvalue weighted by Crippen LogP contribution is -2.17. The van der Waals surface area contributed by atoms with Crippen LogP contribution in [0.3, 0.4) is 0 Å². The van der Waals surface area contributed by atoms with Crippen molar-refractivity contribution >= 4 is 39.0 Å². The average Bonchev–Trinajstić information content (AvgIpc) is 2.91. The molecule has 2 heterocycles. The van der Waals surface area contributed by atoms with Crippen molar-refractivity contribution in [1.82, 2.24) is 15.4 Å². The summed E-state index contributed by atoms with van der Waals surface area (Å²) in [6.45, 7) is 0. The number of hydrazone groups is 1. The van der Waals surface area contributed by atoms with Crippen molar-refractivity contribution in [3.8, 4) is 0 Å². The summed E-state index contributed by atoms with van der Waals surface area (Å²) in [5.41, 5.74) is 4.87. The van der Waals surface area contributed by atoms with E-state index in [0.717, 1.165) is 20.9 Å². The summed E-state index contributed by atoms with van der Waals surface area (Å²) in [6.07, 6.45) is 6.57. The summed E-state index contributed by atoms with van der Waals surface area (Å²) in [5, 5.41) is 5.04. The largest absolute Gasteiger partial charge is 0.361 e. The van der Waals surface area contributed by atoms with Gasteiger partial charge in [-0.05, 0) is 28.1 Å². The summed E-state index contributed by atoms with van der Waals surface area (Å²) < 4.78 is 0.746. The molecule has 0 aliphatic heterocycles. The van der Waals surface area contributed by atoms with Gasteiger partial charge >= 0.3 is 0 Å². The average molecular weight is 343 g/mol. The highest BCUT2D eigenvalue weighted by Gasteiger charge is 2.05. The standard InChI is InChI=1S/C15H11BrN4O/c16-12-5-10(6-17-9-12)15(21)20-19-8-11-7-18-14-4-2-1-3-13(11)14/h1-9,18H,(H,20,21)/b19-8+. The monoisotopic (exact) mass is 342 g/mol. The van der Waals surface area contributed by atoms with E-state index in [9.17, 15) is 4.79 Å². The SMILES string of the molecule is O=C(N/N=C/c1c[nH]c2ccccc12)c1cncc(Br)c1. The molecule has 0 spiro atoms. The first kappa shape index (κ1) is 13.5. The van der Waals surface area contributed by atoms with Gasteiger partial charge in [0.25, 0.3) is 5.91 Å². The normalized spacial score (nSPS) is 11.1. The minimum Gasteiger partial charge on any atom is -0.361 e. The Morgan fingerprint density at radius 1 is 1.33 bits per heavy atom. The van der Waals surface area contributed by atoms with Crippen LogP contribution in [-0.2, 0) is 0 Å². The zero-order chi connectivity index (χ0) is 14.7. The molecular weight excluding hydrogens is 332 g/mol. The molecule has 0 radical (unpaired) electrons. The van der Waals surface area contributed by atoms with Crippen molar-refractivity contribution in [2.75, 3.05) is 0 Å².